The van der Waals surface area contributed by atoms with Gasteiger partial charge in [-0.25, -0.2) is 5.48 Å². The van der Waals surface area contributed by atoms with Crippen LogP contribution in [-0.4, -0.2) is 35.1 Å². The second kappa shape index (κ2) is 6.72. The monoisotopic (exact) mass is 326 g/mol. The quantitative estimate of drug-likeness (QED) is 0.669. The summed E-state index contributed by atoms with van der Waals surface area (Å²) in [5, 5.41) is 8.76. The third-order valence-electron chi connectivity index (χ3n) is 3.97. The molecule has 0 fully saturated rings. The van der Waals surface area contributed by atoms with Crippen LogP contribution in [0.3, 0.4) is 0 Å². The van der Waals surface area contributed by atoms with E-state index in [0.29, 0.717) is 31.0 Å². The van der Waals surface area contributed by atoms with E-state index in [9.17, 15) is 9.59 Å². The number of carbonyl (C=O) groups is 2. The molecule has 2 aromatic carbocycles. The van der Waals surface area contributed by atoms with Gasteiger partial charge in [0.25, 0.3) is 11.8 Å². The van der Waals surface area contributed by atoms with Gasteiger partial charge in [-0.1, -0.05) is 29.8 Å². The van der Waals surface area contributed by atoms with Gasteiger partial charge in [-0.3, -0.25) is 14.8 Å². The molecule has 2 amide bonds. The van der Waals surface area contributed by atoms with Gasteiger partial charge < -0.3 is 9.64 Å². The number of carbonyl (C=O) groups excluding carboxylic acids is 2. The van der Waals surface area contributed by atoms with Crippen molar-refractivity contribution in [2.45, 2.75) is 13.5 Å². The Kier molecular flexibility index (Phi) is 4.48. The molecular weight excluding hydrogens is 308 g/mol. The van der Waals surface area contributed by atoms with Crippen LogP contribution < -0.4 is 10.2 Å². The number of nitrogens with zero attached hydrogens (tertiary/aromatic N) is 1. The molecule has 0 unspecified atom stereocenters. The van der Waals surface area contributed by atoms with Crippen LogP contribution in [-0.2, 0) is 6.54 Å². The molecule has 1 heterocycles. The van der Waals surface area contributed by atoms with Crippen molar-refractivity contribution in [3.8, 4) is 5.75 Å². The van der Waals surface area contributed by atoms with E-state index in [1.807, 2.05) is 31.2 Å². The van der Waals surface area contributed by atoms with Crippen LogP contribution in [0.25, 0.3) is 0 Å². The number of amides is 2. The molecule has 3 rings (SSSR count). The van der Waals surface area contributed by atoms with Gasteiger partial charge in [-0.05, 0) is 30.7 Å². The molecule has 0 atom stereocenters. The Labute approximate surface area is 139 Å². The van der Waals surface area contributed by atoms with Crippen molar-refractivity contribution in [3.63, 3.8) is 0 Å². The Balaban J connectivity index is 1.88. The van der Waals surface area contributed by atoms with Crippen LogP contribution in [0.2, 0.25) is 0 Å². The molecule has 2 N–H and O–H groups in total. The Morgan fingerprint density at radius 1 is 1.25 bits per heavy atom. The Hall–Kier alpha value is -2.86. The fourth-order valence-corrected chi connectivity index (χ4v) is 2.63. The lowest BCUT2D eigenvalue weighted by Crippen LogP contribution is -2.32. The predicted octanol–water partition coefficient (Wildman–Crippen LogP) is 2.15. The van der Waals surface area contributed by atoms with Crippen LogP contribution in [0.5, 0.6) is 5.75 Å². The molecule has 0 saturated carbocycles. The van der Waals surface area contributed by atoms with E-state index in [4.69, 9.17) is 9.94 Å². The molecule has 2 aromatic rings. The number of hydrogen-bond donors (Lipinski definition) is 2. The zero-order valence-electron chi connectivity index (χ0n) is 13.3. The number of hydrogen-bond acceptors (Lipinski definition) is 4. The molecular formula is C18H18N2O4. The standard InChI is InChI=1S/C18H18N2O4/c1-12-2-4-13(5-3-12)11-20-8-9-24-16-7-6-14(17(21)19-23)10-15(16)18(20)22/h2-7,10,23H,8-9,11H2,1H3,(H,19,21). The van der Waals surface area contributed by atoms with Crippen LogP contribution in [0.1, 0.15) is 31.8 Å². The second-order valence-corrected chi connectivity index (χ2v) is 5.71. The molecule has 0 radical (unpaired) electrons. The summed E-state index contributed by atoms with van der Waals surface area (Å²) in [6, 6.07) is 12.5. The Bertz CT molecular complexity index is 771. The minimum absolute atomic E-state index is 0.198. The highest BCUT2D eigenvalue weighted by molar-refractivity contribution is 6.01. The summed E-state index contributed by atoms with van der Waals surface area (Å²) in [5.74, 6) is -0.420. The summed E-state index contributed by atoms with van der Waals surface area (Å²) in [4.78, 5) is 26.1. The average molecular weight is 326 g/mol. The van der Waals surface area contributed by atoms with Crippen molar-refractivity contribution in [1.29, 1.82) is 0 Å². The first kappa shape index (κ1) is 16.0. The first-order valence-electron chi connectivity index (χ1n) is 7.64. The van der Waals surface area contributed by atoms with Crippen molar-refractivity contribution in [2.75, 3.05) is 13.2 Å². The lowest BCUT2D eigenvalue weighted by atomic mass is 10.1. The average Bonchev–Trinajstić information content (AvgIpc) is 2.75. The lowest BCUT2D eigenvalue weighted by molar-refractivity contribution is 0.0706. The molecule has 1 aliphatic heterocycles. The van der Waals surface area contributed by atoms with Crippen LogP contribution in [0, 0.1) is 6.92 Å². The summed E-state index contributed by atoms with van der Waals surface area (Å²) in [7, 11) is 0. The smallest absolute Gasteiger partial charge is 0.274 e. The lowest BCUT2D eigenvalue weighted by Gasteiger charge is -2.20. The summed E-state index contributed by atoms with van der Waals surface area (Å²) in [6.07, 6.45) is 0. The number of rotatable bonds is 3. The molecule has 24 heavy (non-hydrogen) atoms. The van der Waals surface area contributed by atoms with Crippen molar-refractivity contribution >= 4 is 11.8 Å². The number of fused-ring (bicyclic) bond motifs is 1. The summed E-state index contributed by atoms with van der Waals surface area (Å²) < 4.78 is 5.62. The largest absolute Gasteiger partial charge is 0.491 e. The third-order valence-corrected chi connectivity index (χ3v) is 3.97. The van der Waals surface area contributed by atoms with Gasteiger partial charge in [0.1, 0.15) is 12.4 Å². The number of aryl methyl sites for hydroxylation is 1. The van der Waals surface area contributed by atoms with Crippen molar-refractivity contribution < 1.29 is 19.5 Å². The number of nitrogens with one attached hydrogen (secondary N) is 1. The second-order valence-electron chi connectivity index (χ2n) is 5.71. The third kappa shape index (κ3) is 3.23. The number of benzene rings is 2. The highest BCUT2D eigenvalue weighted by Crippen LogP contribution is 2.25. The highest BCUT2D eigenvalue weighted by atomic mass is 16.5. The van der Waals surface area contributed by atoms with Gasteiger partial charge in [-0.15, -0.1) is 0 Å². The van der Waals surface area contributed by atoms with E-state index in [-0.39, 0.29) is 11.5 Å². The zero-order valence-corrected chi connectivity index (χ0v) is 13.3. The molecule has 0 saturated heterocycles. The van der Waals surface area contributed by atoms with E-state index >= 15 is 0 Å². The van der Waals surface area contributed by atoms with Gasteiger partial charge in [0.15, 0.2) is 0 Å². The van der Waals surface area contributed by atoms with Crippen molar-refractivity contribution in [1.82, 2.24) is 10.4 Å². The van der Waals surface area contributed by atoms with Crippen molar-refractivity contribution in [3.05, 3.63) is 64.7 Å². The van der Waals surface area contributed by atoms with E-state index in [1.54, 1.807) is 16.4 Å². The molecule has 0 bridgehead atoms. The van der Waals surface area contributed by atoms with E-state index in [2.05, 4.69) is 0 Å². The van der Waals surface area contributed by atoms with E-state index < -0.39 is 5.91 Å². The number of ether oxygens (including phenoxy) is 1. The Morgan fingerprint density at radius 3 is 2.71 bits per heavy atom. The first-order valence-corrected chi connectivity index (χ1v) is 7.64. The molecule has 1 aliphatic rings. The Morgan fingerprint density at radius 2 is 2.00 bits per heavy atom. The van der Waals surface area contributed by atoms with Gasteiger partial charge >= 0.3 is 0 Å². The van der Waals surface area contributed by atoms with Crippen LogP contribution in [0.15, 0.2) is 42.5 Å². The molecule has 6 heteroatoms. The molecule has 6 nitrogen and oxygen atoms in total. The fraction of sp³-hybridized carbons (Fsp3) is 0.222. The van der Waals surface area contributed by atoms with Gasteiger partial charge in [-0.2, -0.15) is 0 Å². The predicted molar refractivity (Wildman–Crippen MR) is 87.1 cm³/mol. The highest BCUT2D eigenvalue weighted by Gasteiger charge is 2.24. The summed E-state index contributed by atoms with van der Waals surface area (Å²) >= 11 is 0. The minimum Gasteiger partial charge on any atom is -0.491 e. The molecule has 0 aromatic heterocycles. The zero-order chi connectivity index (χ0) is 17.1. The van der Waals surface area contributed by atoms with E-state index in [1.165, 1.54) is 12.1 Å². The normalized spacial score (nSPS) is 13.8. The topological polar surface area (TPSA) is 78.9 Å². The summed E-state index contributed by atoms with van der Waals surface area (Å²) in [6.45, 7) is 3.33. The summed E-state index contributed by atoms with van der Waals surface area (Å²) in [5.41, 5.74) is 4.28. The van der Waals surface area contributed by atoms with Crippen LogP contribution in [0.4, 0.5) is 0 Å². The van der Waals surface area contributed by atoms with Gasteiger partial charge in [0.05, 0.1) is 12.1 Å². The van der Waals surface area contributed by atoms with Crippen molar-refractivity contribution in [2.24, 2.45) is 0 Å². The molecule has 124 valence electrons. The maximum atomic E-state index is 12.8. The molecule has 0 spiro atoms. The maximum Gasteiger partial charge on any atom is 0.274 e. The minimum atomic E-state index is -0.667. The van der Waals surface area contributed by atoms with Crippen LogP contribution >= 0.6 is 0 Å². The number of hydroxylamine groups is 1. The maximum absolute atomic E-state index is 12.8. The van der Waals surface area contributed by atoms with Gasteiger partial charge in [0, 0.05) is 12.1 Å². The van der Waals surface area contributed by atoms with E-state index in [0.717, 1.165) is 11.1 Å². The first-order chi connectivity index (χ1) is 11.6. The fourth-order valence-electron chi connectivity index (χ4n) is 2.63. The van der Waals surface area contributed by atoms with Gasteiger partial charge in [0.2, 0.25) is 0 Å². The molecule has 0 aliphatic carbocycles. The SMILES string of the molecule is Cc1ccc(CN2CCOc3ccc(C(=O)NO)cc3C2=O)cc1.